The molecule has 0 radical (unpaired) electrons. The summed E-state index contributed by atoms with van der Waals surface area (Å²) in [6.07, 6.45) is -0.440. The first-order chi connectivity index (χ1) is 12.8. The van der Waals surface area contributed by atoms with Gasteiger partial charge in [0.25, 0.3) is 11.6 Å². The molecule has 1 heterocycles. The molecule has 0 N–H and O–H groups in total. The summed E-state index contributed by atoms with van der Waals surface area (Å²) in [5, 5.41) is 11.1. The predicted octanol–water partition coefficient (Wildman–Crippen LogP) is 1.71. The molecule has 0 saturated carbocycles. The Hall–Kier alpha value is -2.88. The summed E-state index contributed by atoms with van der Waals surface area (Å²) >= 11 is 5.76. The number of halogens is 1. The van der Waals surface area contributed by atoms with Crippen LogP contribution < -0.4 is 0 Å². The number of esters is 1. The van der Waals surface area contributed by atoms with Crippen molar-refractivity contribution in [3.05, 3.63) is 38.9 Å². The summed E-state index contributed by atoms with van der Waals surface area (Å²) in [6, 6.07) is 3.49. The number of hydrogen-bond donors (Lipinski definition) is 0. The number of ether oxygens (including phenoxy) is 2. The maximum Gasteiger partial charge on any atom is 0.409 e. The van der Waals surface area contributed by atoms with E-state index in [1.54, 1.807) is 6.92 Å². The van der Waals surface area contributed by atoms with E-state index in [9.17, 15) is 24.5 Å². The van der Waals surface area contributed by atoms with Gasteiger partial charge >= 0.3 is 12.1 Å². The van der Waals surface area contributed by atoms with Crippen LogP contribution in [0.5, 0.6) is 0 Å². The third-order valence-electron chi connectivity index (χ3n) is 3.86. The molecule has 10 nitrogen and oxygen atoms in total. The molecule has 0 aromatic heterocycles. The summed E-state index contributed by atoms with van der Waals surface area (Å²) in [4.78, 5) is 49.1. The number of nitrogens with zero attached hydrogens (tertiary/aromatic N) is 3. The Balaban J connectivity index is 1.89. The smallest absolute Gasteiger partial charge is 0.409 e. The number of nitro benzene ring substituents is 1. The fourth-order valence-corrected chi connectivity index (χ4v) is 2.65. The van der Waals surface area contributed by atoms with Crippen LogP contribution in [0.15, 0.2) is 18.2 Å². The van der Waals surface area contributed by atoms with Crippen molar-refractivity contribution >= 4 is 35.3 Å². The molecule has 1 aliphatic heterocycles. The van der Waals surface area contributed by atoms with Crippen molar-refractivity contribution in [1.29, 1.82) is 0 Å². The Morgan fingerprint density at radius 2 is 1.78 bits per heavy atom. The Bertz CT molecular complexity index is 748. The summed E-state index contributed by atoms with van der Waals surface area (Å²) in [5.41, 5.74) is -0.785. The highest BCUT2D eigenvalue weighted by Gasteiger charge is 2.27. The topological polar surface area (TPSA) is 119 Å². The van der Waals surface area contributed by atoms with Crippen molar-refractivity contribution in [1.82, 2.24) is 9.80 Å². The molecule has 146 valence electrons. The minimum atomic E-state index is -1.01. The lowest BCUT2D eigenvalue weighted by atomic mass is 10.2. The molecule has 2 rings (SSSR count). The fraction of sp³-hybridized carbons (Fsp3) is 0.438. The Morgan fingerprint density at radius 3 is 2.37 bits per heavy atom. The standard InChI is InChI=1S/C16H18ClN3O7/c1-2-26-16(23)19-7-5-18(6-8-19)14(21)10-27-15(22)12-9-11(17)3-4-13(12)20(24)25/h3-4,9H,2,5-8,10H2,1H3. The Kier molecular flexibility index (Phi) is 6.94. The highest BCUT2D eigenvalue weighted by molar-refractivity contribution is 6.31. The molecule has 1 aromatic rings. The number of hydrogen-bond acceptors (Lipinski definition) is 7. The van der Waals surface area contributed by atoms with Crippen molar-refractivity contribution < 1.29 is 28.8 Å². The Morgan fingerprint density at radius 1 is 1.15 bits per heavy atom. The van der Waals surface area contributed by atoms with Gasteiger partial charge in [-0.05, 0) is 19.1 Å². The minimum absolute atomic E-state index is 0.133. The molecular weight excluding hydrogens is 382 g/mol. The Labute approximate surface area is 159 Å². The van der Waals surface area contributed by atoms with E-state index in [0.29, 0.717) is 13.1 Å². The zero-order chi connectivity index (χ0) is 20.0. The van der Waals surface area contributed by atoms with Gasteiger partial charge in [-0.3, -0.25) is 14.9 Å². The van der Waals surface area contributed by atoms with E-state index in [4.69, 9.17) is 21.1 Å². The monoisotopic (exact) mass is 399 g/mol. The average molecular weight is 400 g/mol. The molecule has 1 saturated heterocycles. The van der Waals surface area contributed by atoms with Crippen molar-refractivity contribution in [3.63, 3.8) is 0 Å². The molecule has 2 amide bonds. The molecule has 0 atom stereocenters. The second-order valence-electron chi connectivity index (χ2n) is 5.56. The van der Waals surface area contributed by atoms with Gasteiger partial charge in [0.15, 0.2) is 6.61 Å². The molecule has 0 bridgehead atoms. The van der Waals surface area contributed by atoms with E-state index in [2.05, 4.69) is 0 Å². The van der Waals surface area contributed by atoms with Gasteiger partial charge in [0, 0.05) is 37.3 Å². The maximum absolute atomic E-state index is 12.2. The van der Waals surface area contributed by atoms with Gasteiger partial charge in [0.2, 0.25) is 0 Å². The maximum atomic E-state index is 12.2. The van der Waals surface area contributed by atoms with Gasteiger partial charge in [0.1, 0.15) is 5.56 Å². The fourth-order valence-electron chi connectivity index (χ4n) is 2.48. The predicted molar refractivity (Wildman–Crippen MR) is 93.6 cm³/mol. The second kappa shape index (κ2) is 9.17. The van der Waals surface area contributed by atoms with Crippen molar-refractivity contribution in [3.8, 4) is 0 Å². The van der Waals surface area contributed by atoms with Crippen LogP contribution in [0.3, 0.4) is 0 Å². The number of rotatable bonds is 5. The van der Waals surface area contributed by atoms with E-state index in [-0.39, 0.29) is 30.3 Å². The van der Waals surface area contributed by atoms with Gasteiger partial charge in [-0.25, -0.2) is 9.59 Å². The molecule has 1 fully saturated rings. The highest BCUT2D eigenvalue weighted by atomic mass is 35.5. The second-order valence-corrected chi connectivity index (χ2v) is 6.00. The van der Waals surface area contributed by atoms with Crippen LogP contribution in [0.1, 0.15) is 17.3 Å². The third-order valence-corrected chi connectivity index (χ3v) is 4.10. The highest BCUT2D eigenvalue weighted by Crippen LogP contribution is 2.23. The van der Waals surface area contributed by atoms with Crippen LogP contribution in [0.2, 0.25) is 5.02 Å². The van der Waals surface area contributed by atoms with Crippen molar-refractivity contribution in [2.24, 2.45) is 0 Å². The molecule has 1 aromatic carbocycles. The van der Waals surface area contributed by atoms with Crippen LogP contribution in [-0.2, 0) is 14.3 Å². The lowest BCUT2D eigenvalue weighted by Gasteiger charge is -2.33. The average Bonchev–Trinajstić information content (AvgIpc) is 2.65. The molecule has 0 unspecified atom stereocenters. The molecule has 11 heteroatoms. The summed E-state index contributed by atoms with van der Waals surface area (Å²) < 4.78 is 9.80. The molecule has 0 spiro atoms. The lowest BCUT2D eigenvalue weighted by molar-refractivity contribution is -0.385. The molecule has 1 aliphatic rings. The first kappa shape index (κ1) is 20.4. The number of amides is 2. The number of benzene rings is 1. The quantitative estimate of drug-likeness (QED) is 0.420. The van der Waals surface area contributed by atoms with Gasteiger partial charge in [-0.2, -0.15) is 0 Å². The SMILES string of the molecule is CCOC(=O)N1CCN(C(=O)COC(=O)c2cc(Cl)ccc2[N+](=O)[O-])CC1. The van der Waals surface area contributed by atoms with Crippen LogP contribution >= 0.6 is 11.6 Å². The van der Waals surface area contributed by atoms with Crippen LogP contribution in [0.4, 0.5) is 10.5 Å². The van der Waals surface area contributed by atoms with E-state index in [0.717, 1.165) is 12.1 Å². The van der Waals surface area contributed by atoms with E-state index in [1.807, 2.05) is 0 Å². The third kappa shape index (κ3) is 5.30. The van der Waals surface area contributed by atoms with Gasteiger partial charge in [-0.15, -0.1) is 0 Å². The molecule has 0 aliphatic carbocycles. The number of carbonyl (C=O) groups excluding carboxylic acids is 3. The van der Waals surface area contributed by atoms with Crippen LogP contribution in [0, 0.1) is 10.1 Å². The zero-order valence-corrected chi connectivity index (χ0v) is 15.3. The lowest BCUT2D eigenvalue weighted by Crippen LogP contribution is -2.51. The summed E-state index contributed by atoms with van der Waals surface area (Å²) in [5.74, 6) is -1.47. The minimum Gasteiger partial charge on any atom is -0.452 e. The number of carbonyl (C=O) groups is 3. The van der Waals surface area contributed by atoms with E-state index >= 15 is 0 Å². The van der Waals surface area contributed by atoms with Crippen LogP contribution in [0.25, 0.3) is 0 Å². The van der Waals surface area contributed by atoms with Crippen molar-refractivity contribution in [2.45, 2.75) is 6.92 Å². The summed E-state index contributed by atoms with van der Waals surface area (Å²) in [7, 11) is 0. The van der Waals surface area contributed by atoms with Gasteiger partial charge in [0.05, 0.1) is 11.5 Å². The van der Waals surface area contributed by atoms with Crippen molar-refractivity contribution in [2.75, 3.05) is 39.4 Å². The first-order valence-corrected chi connectivity index (χ1v) is 8.51. The first-order valence-electron chi connectivity index (χ1n) is 8.14. The molecular formula is C16H18ClN3O7. The van der Waals surface area contributed by atoms with Gasteiger partial charge in [-0.1, -0.05) is 11.6 Å². The van der Waals surface area contributed by atoms with E-state index < -0.39 is 35.2 Å². The zero-order valence-electron chi connectivity index (χ0n) is 14.6. The number of piperazine rings is 1. The van der Waals surface area contributed by atoms with Gasteiger partial charge < -0.3 is 19.3 Å². The largest absolute Gasteiger partial charge is 0.452 e. The van der Waals surface area contributed by atoms with E-state index in [1.165, 1.54) is 15.9 Å². The molecule has 27 heavy (non-hydrogen) atoms. The number of nitro groups is 1. The summed E-state index contributed by atoms with van der Waals surface area (Å²) in [6.45, 7) is 2.55. The van der Waals surface area contributed by atoms with Crippen LogP contribution in [-0.4, -0.2) is 72.1 Å². The normalized spacial score (nSPS) is 13.9.